The summed E-state index contributed by atoms with van der Waals surface area (Å²) in [5, 5.41) is 9.84. The van der Waals surface area contributed by atoms with E-state index in [1.807, 2.05) is 0 Å². The van der Waals surface area contributed by atoms with Crippen molar-refractivity contribution in [1.82, 2.24) is 4.90 Å². The lowest BCUT2D eigenvalue weighted by Gasteiger charge is -2.23. The molecule has 0 saturated carbocycles. The van der Waals surface area contributed by atoms with Crippen molar-refractivity contribution in [2.24, 2.45) is 0 Å². The zero-order valence-electron chi connectivity index (χ0n) is 9.92. The Hall–Kier alpha value is -0.640. The molecule has 1 aromatic carbocycles. The van der Waals surface area contributed by atoms with Crippen molar-refractivity contribution in [2.45, 2.75) is 32.4 Å². The molecule has 2 nitrogen and oxygen atoms in total. The van der Waals surface area contributed by atoms with E-state index in [1.54, 1.807) is 13.0 Å². The first-order valence-corrected chi connectivity index (χ1v) is 6.29. The number of halogens is 2. The Bertz CT molecular complexity index is 411. The molecule has 2 rings (SSSR count). The Morgan fingerprint density at radius 3 is 3.00 bits per heavy atom. The van der Waals surface area contributed by atoms with E-state index in [2.05, 4.69) is 4.90 Å². The first kappa shape index (κ1) is 12.8. The van der Waals surface area contributed by atoms with Gasteiger partial charge in [0.25, 0.3) is 0 Å². The topological polar surface area (TPSA) is 23.5 Å². The lowest BCUT2D eigenvalue weighted by Crippen LogP contribution is -2.31. The summed E-state index contributed by atoms with van der Waals surface area (Å²) in [6.45, 7) is 3.42. The van der Waals surface area contributed by atoms with Gasteiger partial charge in [-0.1, -0.05) is 11.6 Å². The van der Waals surface area contributed by atoms with Crippen LogP contribution < -0.4 is 0 Å². The molecule has 0 aliphatic carbocycles. The van der Waals surface area contributed by atoms with Crippen molar-refractivity contribution in [3.63, 3.8) is 0 Å². The van der Waals surface area contributed by atoms with Crippen molar-refractivity contribution in [3.05, 3.63) is 34.1 Å². The van der Waals surface area contributed by atoms with E-state index >= 15 is 0 Å². The lowest BCUT2D eigenvalue weighted by molar-refractivity contribution is 0.153. The Labute approximate surface area is 106 Å². The second-order valence-corrected chi connectivity index (χ2v) is 5.05. The molecule has 0 bridgehead atoms. The van der Waals surface area contributed by atoms with Gasteiger partial charge in [-0.25, -0.2) is 4.39 Å². The molecule has 0 radical (unpaired) electrons. The smallest absolute Gasteiger partial charge is 0.126 e. The summed E-state index contributed by atoms with van der Waals surface area (Å²) in [5.74, 6) is -0.218. The number of rotatable bonds is 3. The van der Waals surface area contributed by atoms with Gasteiger partial charge in [0, 0.05) is 17.6 Å². The van der Waals surface area contributed by atoms with E-state index in [0.717, 1.165) is 24.9 Å². The molecule has 17 heavy (non-hydrogen) atoms. The van der Waals surface area contributed by atoms with Crippen LogP contribution in [-0.2, 0) is 6.54 Å². The van der Waals surface area contributed by atoms with Crippen LogP contribution in [0.5, 0.6) is 0 Å². The molecule has 1 heterocycles. The van der Waals surface area contributed by atoms with Gasteiger partial charge in [-0.15, -0.1) is 0 Å². The molecular weight excluding hydrogens is 241 g/mol. The summed E-state index contributed by atoms with van der Waals surface area (Å²) < 4.78 is 13.5. The molecule has 1 aromatic rings. The number of benzene rings is 1. The Morgan fingerprint density at radius 1 is 1.53 bits per heavy atom. The van der Waals surface area contributed by atoms with E-state index in [0.29, 0.717) is 17.1 Å². The minimum absolute atomic E-state index is 0.159. The molecule has 1 atom stereocenters. The zero-order valence-corrected chi connectivity index (χ0v) is 10.7. The molecule has 0 spiro atoms. The Balaban J connectivity index is 2.15. The van der Waals surface area contributed by atoms with Gasteiger partial charge in [0.05, 0.1) is 6.61 Å². The van der Waals surface area contributed by atoms with Gasteiger partial charge in [-0.2, -0.15) is 0 Å². The molecule has 1 aliphatic rings. The third-order valence-corrected chi connectivity index (χ3v) is 3.76. The van der Waals surface area contributed by atoms with Gasteiger partial charge in [0.2, 0.25) is 0 Å². The highest BCUT2D eigenvalue weighted by Crippen LogP contribution is 2.25. The molecule has 1 saturated heterocycles. The molecule has 4 heteroatoms. The monoisotopic (exact) mass is 257 g/mol. The van der Waals surface area contributed by atoms with Crippen molar-refractivity contribution >= 4 is 11.6 Å². The second kappa shape index (κ2) is 5.34. The van der Waals surface area contributed by atoms with Crippen LogP contribution in [0, 0.1) is 12.7 Å². The van der Waals surface area contributed by atoms with Gasteiger partial charge in [0.15, 0.2) is 0 Å². The number of likely N-dealkylation sites (tertiary alicyclic amines) is 1. The summed E-state index contributed by atoms with van der Waals surface area (Å²) in [5.41, 5.74) is 1.37. The Kier molecular flexibility index (Phi) is 4.02. The lowest BCUT2D eigenvalue weighted by atomic mass is 10.1. The molecule has 94 valence electrons. The first-order chi connectivity index (χ1) is 8.11. The van der Waals surface area contributed by atoms with Crippen molar-refractivity contribution in [3.8, 4) is 0 Å². The number of aliphatic hydroxyl groups excluding tert-OH is 1. The normalized spacial score (nSPS) is 21.1. The molecule has 0 aromatic heterocycles. The van der Waals surface area contributed by atoms with Crippen LogP contribution in [0.3, 0.4) is 0 Å². The van der Waals surface area contributed by atoms with Crippen molar-refractivity contribution < 1.29 is 9.50 Å². The van der Waals surface area contributed by atoms with Gasteiger partial charge >= 0.3 is 0 Å². The average Bonchev–Trinajstić information content (AvgIpc) is 2.73. The highest BCUT2D eigenvalue weighted by atomic mass is 35.5. The van der Waals surface area contributed by atoms with Crippen LogP contribution in [0.4, 0.5) is 4.39 Å². The molecule has 1 N–H and O–H groups in total. The molecular formula is C13H17ClFNO. The van der Waals surface area contributed by atoms with E-state index in [9.17, 15) is 9.50 Å². The van der Waals surface area contributed by atoms with Gasteiger partial charge in [0.1, 0.15) is 5.82 Å². The van der Waals surface area contributed by atoms with Crippen molar-refractivity contribution in [1.29, 1.82) is 0 Å². The second-order valence-electron chi connectivity index (χ2n) is 4.64. The summed E-state index contributed by atoms with van der Waals surface area (Å²) in [7, 11) is 0. The van der Waals surface area contributed by atoms with Gasteiger partial charge < -0.3 is 5.11 Å². The SMILES string of the molecule is Cc1cc(Cl)c(CN2CCCC2CO)cc1F. The fourth-order valence-corrected chi connectivity index (χ4v) is 2.62. The summed E-state index contributed by atoms with van der Waals surface area (Å²) in [6.07, 6.45) is 2.08. The van der Waals surface area contributed by atoms with Gasteiger partial charge in [-0.3, -0.25) is 4.90 Å². The minimum Gasteiger partial charge on any atom is -0.395 e. The first-order valence-electron chi connectivity index (χ1n) is 5.91. The highest BCUT2D eigenvalue weighted by molar-refractivity contribution is 6.31. The van der Waals surface area contributed by atoms with Crippen LogP contribution in [-0.4, -0.2) is 29.2 Å². The van der Waals surface area contributed by atoms with Crippen molar-refractivity contribution in [2.75, 3.05) is 13.2 Å². The maximum absolute atomic E-state index is 13.5. The van der Waals surface area contributed by atoms with Crippen LogP contribution in [0.25, 0.3) is 0 Å². The van der Waals surface area contributed by atoms with E-state index in [-0.39, 0.29) is 18.5 Å². The zero-order chi connectivity index (χ0) is 12.4. The standard InChI is InChI=1S/C13H17ClFNO/c1-9-5-12(14)10(6-13(9)15)7-16-4-2-3-11(16)8-17/h5-6,11,17H,2-4,7-8H2,1H3. The quantitative estimate of drug-likeness (QED) is 0.900. The number of aliphatic hydroxyl groups is 1. The van der Waals surface area contributed by atoms with E-state index in [4.69, 9.17) is 11.6 Å². The minimum atomic E-state index is -0.218. The third-order valence-electron chi connectivity index (χ3n) is 3.41. The number of hydrogen-bond donors (Lipinski definition) is 1. The third kappa shape index (κ3) is 2.79. The van der Waals surface area contributed by atoms with Crippen LogP contribution >= 0.6 is 11.6 Å². The number of hydrogen-bond acceptors (Lipinski definition) is 2. The maximum atomic E-state index is 13.5. The summed E-state index contributed by atoms with van der Waals surface area (Å²) in [6, 6.07) is 3.36. The van der Waals surface area contributed by atoms with E-state index in [1.165, 1.54) is 6.07 Å². The van der Waals surface area contributed by atoms with Crippen LogP contribution in [0.2, 0.25) is 5.02 Å². The average molecular weight is 258 g/mol. The predicted octanol–water partition coefficient (Wildman–Crippen LogP) is 2.74. The van der Waals surface area contributed by atoms with Crippen LogP contribution in [0.15, 0.2) is 12.1 Å². The largest absolute Gasteiger partial charge is 0.395 e. The molecule has 1 aliphatic heterocycles. The highest BCUT2D eigenvalue weighted by Gasteiger charge is 2.24. The summed E-state index contributed by atoms with van der Waals surface area (Å²) in [4.78, 5) is 2.16. The molecule has 0 amide bonds. The predicted molar refractivity (Wildman–Crippen MR) is 66.7 cm³/mol. The Morgan fingerprint density at radius 2 is 2.29 bits per heavy atom. The number of aryl methyl sites for hydroxylation is 1. The fourth-order valence-electron chi connectivity index (χ4n) is 2.34. The summed E-state index contributed by atoms with van der Waals surface area (Å²) >= 11 is 6.11. The molecule has 1 unspecified atom stereocenters. The van der Waals surface area contributed by atoms with E-state index < -0.39 is 0 Å². The van der Waals surface area contributed by atoms with Crippen LogP contribution in [0.1, 0.15) is 24.0 Å². The number of nitrogens with zero attached hydrogens (tertiary/aromatic N) is 1. The van der Waals surface area contributed by atoms with Gasteiger partial charge in [-0.05, 0) is 49.6 Å². The fraction of sp³-hybridized carbons (Fsp3) is 0.538. The molecule has 1 fully saturated rings. The maximum Gasteiger partial charge on any atom is 0.126 e.